The van der Waals surface area contributed by atoms with Gasteiger partial charge in [0.15, 0.2) is 6.61 Å². The topological polar surface area (TPSA) is 94.4 Å². The van der Waals surface area contributed by atoms with Crippen molar-refractivity contribution in [3.05, 3.63) is 30.6 Å². The van der Waals surface area contributed by atoms with Crippen LogP contribution in [0.3, 0.4) is 0 Å². The molecular weight excluding hydrogens is 336 g/mol. The van der Waals surface area contributed by atoms with Crippen LogP contribution in [0.4, 0.5) is 0 Å². The highest BCUT2D eigenvalue weighted by molar-refractivity contribution is 5.78. The molecule has 9 heteroatoms. The third-order valence-electron chi connectivity index (χ3n) is 5.09. The summed E-state index contributed by atoms with van der Waals surface area (Å²) in [5.74, 6) is 0.912. The van der Waals surface area contributed by atoms with E-state index in [-0.39, 0.29) is 30.7 Å². The van der Waals surface area contributed by atoms with Crippen molar-refractivity contribution in [1.82, 2.24) is 30.4 Å². The van der Waals surface area contributed by atoms with Crippen LogP contribution in [0.5, 0.6) is 5.75 Å². The zero-order valence-electron chi connectivity index (χ0n) is 14.8. The number of hydrogen-bond acceptors (Lipinski definition) is 7. The standard InChI is InChI=1S/C17H22N6O3/c1-22(2)16-15(13-7-8-25-17(13)16)19-14(24)9-26-12-5-3-11(4-6-12)23-10-18-20-21-23/h3-6,10,13,15-17H,7-9H2,1-2H3,(H,19,24)/t13-,15+,16-,17-/m1/s1. The molecule has 2 aromatic rings. The second kappa shape index (κ2) is 7.00. The number of nitrogens with zero attached hydrogens (tertiary/aromatic N) is 5. The number of rotatable bonds is 6. The van der Waals surface area contributed by atoms with Crippen LogP contribution >= 0.6 is 0 Å². The molecular formula is C17H22N6O3. The second-order valence-electron chi connectivity index (χ2n) is 6.87. The van der Waals surface area contributed by atoms with Gasteiger partial charge in [-0.3, -0.25) is 4.79 Å². The van der Waals surface area contributed by atoms with Gasteiger partial charge in [-0.05, 0) is 55.2 Å². The Morgan fingerprint density at radius 2 is 2.19 bits per heavy atom. The normalized spacial score (nSPS) is 27.0. The van der Waals surface area contributed by atoms with Gasteiger partial charge < -0.3 is 19.7 Å². The summed E-state index contributed by atoms with van der Waals surface area (Å²) in [6, 6.07) is 7.59. The molecule has 0 radical (unpaired) electrons. The van der Waals surface area contributed by atoms with Crippen LogP contribution in [0.25, 0.3) is 5.69 Å². The number of amides is 1. The molecule has 4 rings (SSSR count). The maximum Gasteiger partial charge on any atom is 0.258 e. The molecule has 2 aliphatic rings. The molecule has 0 bridgehead atoms. The van der Waals surface area contributed by atoms with Gasteiger partial charge in [-0.2, -0.15) is 0 Å². The van der Waals surface area contributed by atoms with Gasteiger partial charge in [0, 0.05) is 12.5 Å². The summed E-state index contributed by atoms with van der Waals surface area (Å²) in [7, 11) is 4.04. The maximum absolute atomic E-state index is 12.3. The molecule has 4 atom stereocenters. The average Bonchev–Trinajstić information content (AvgIpc) is 3.28. The average molecular weight is 358 g/mol. The van der Waals surface area contributed by atoms with Gasteiger partial charge in [0.1, 0.15) is 12.1 Å². The minimum absolute atomic E-state index is 0.0148. The zero-order chi connectivity index (χ0) is 18.1. The molecule has 1 N–H and O–H groups in total. The van der Waals surface area contributed by atoms with E-state index >= 15 is 0 Å². The van der Waals surface area contributed by atoms with Gasteiger partial charge in [-0.1, -0.05) is 0 Å². The van der Waals surface area contributed by atoms with Gasteiger partial charge in [-0.25, -0.2) is 4.68 Å². The number of carbonyl (C=O) groups is 1. The van der Waals surface area contributed by atoms with E-state index in [0.29, 0.717) is 11.7 Å². The van der Waals surface area contributed by atoms with E-state index in [0.717, 1.165) is 18.7 Å². The minimum atomic E-state index is -0.114. The van der Waals surface area contributed by atoms with Crippen molar-refractivity contribution in [1.29, 1.82) is 0 Å². The van der Waals surface area contributed by atoms with Gasteiger partial charge in [0.2, 0.25) is 0 Å². The Kier molecular flexibility index (Phi) is 4.56. The minimum Gasteiger partial charge on any atom is -0.484 e. The summed E-state index contributed by atoms with van der Waals surface area (Å²) < 4.78 is 12.9. The van der Waals surface area contributed by atoms with Crippen molar-refractivity contribution in [2.45, 2.75) is 24.6 Å². The van der Waals surface area contributed by atoms with Crippen LogP contribution in [-0.2, 0) is 9.53 Å². The zero-order valence-corrected chi connectivity index (χ0v) is 14.8. The lowest BCUT2D eigenvalue weighted by Crippen LogP contribution is -2.70. The molecule has 1 saturated carbocycles. The largest absolute Gasteiger partial charge is 0.484 e. The molecule has 1 aliphatic carbocycles. The van der Waals surface area contributed by atoms with Crippen molar-refractivity contribution >= 4 is 5.91 Å². The van der Waals surface area contributed by atoms with Crippen LogP contribution in [-0.4, -0.2) is 76.5 Å². The predicted molar refractivity (Wildman–Crippen MR) is 91.9 cm³/mol. The smallest absolute Gasteiger partial charge is 0.258 e. The van der Waals surface area contributed by atoms with Gasteiger partial charge >= 0.3 is 0 Å². The van der Waals surface area contributed by atoms with Crippen molar-refractivity contribution in [3.8, 4) is 11.4 Å². The first-order valence-electron chi connectivity index (χ1n) is 8.67. The molecule has 0 unspecified atom stereocenters. The van der Waals surface area contributed by atoms with Crippen LogP contribution in [0.1, 0.15) is 6.42 Å². The second-order valence-corrected chi connectivity index (χ2v) is 6.87. The van der Waals surface area contributed by atoms with E-state index in [1.165, 1.54) is 6.33 Å². The number of hydrogen-bond donors (Lipinski definition) is 1. The van der Waals surface area contributed by atoms with E-state index < -0.39 is 0 Å². The van der Waals surface area contributed by atoms with E-state index in [9.17, 15) is 4.79 Å². The quantitative estimate of drug-likeness (QED) is 0.769. The highest BCUT2D eigenvalue weighted by Crippen LogP contribution is 2.41. The molecule has 1 aromatic heterocycles. The molecule has 1 amide bonds. The molecule has 138 valence electrons. The Morgan fingerprint density at radius 1 is 1.38 bits per heavy atom. The molecule has 26 heavy (non-hydrogen) atoms. The summed E-state index contributed by atoms with van der Waals surface area (Å²) in [4.78, 5) is 14.4. The molecule has 2 heterocycles. The fourth-order valence-electron chi connectivity index (χ4n) is 3.83. The third-order valence-corrected chi connectivity index (χ3v) is 5.09. The molecule has 1 saturated heterocycles. The number of aromatic nitrogens is 4. The summed E-state index contributed by atoms with van der Waals surface area (Å²) in [5.41, 5.74) is 0.822. The van der Waals surface area contributed by atoms with Crippen LogP contribution in [0.2, 0.25) is 0 Å². The van der Waals surface area contributed by atoms with Gasteiger partial charge in [0.25, 0.3) is 5.91 Å². The van der Waals surface area contributed by atoms with E-state index in [1.807, 2.05) is 26.2 Å². The SMILES string of the molecule is CN(C)[C@@H]1[C@@H](NC(=O)COc2ccc(-n3cnnn3)cc2)[C@H]2CCO[C@H]21. The van der Waals surface area contributed by atoms with Crippen LogP contribution in [0.15, 0.2) is 30.6 Å². The first kappa shape index (κ1) is 16.9. The molecule has 1 aromatic carbocycles. The Bertz CT molecular complexity index is 748. The van der Waals surface area contributed by atoms with Crippen molar-refractivity contribution in [3.63, 3.8) is 0 Å². The predicted octanol–water partition coefficient (Wildman–Crippen LogP) is -0.125. The van der Waals surface area contributed by atoms with Crippen molar-refractivity contribution in [2.24, 2.45) is 5.92 Å². The Balaban J connectivity index is 1.30. The fraction of sp³-hybridized carbons (Fsp3) is 0.529. The Morgan fingerprint density at radius 3 is 2.88 bits per heavy atom. The summed E-state index contributed by atoms with van der Waals surface area (Å²) in [6.45, 7) is 0.759. The number of likely N-dealkylation sites (N-methyl/N-ethyl adjacent to an activating group) is 1. The van der Waals surface area contributed by atoms with Crippen molar-refractivity contribution < 1.29 is 14.3 Å². The highest BCUT2D eigenvalue weighted by atomic mass is 16.5. The molecule has 1 aliphatic heterocycles. The number of ether oxygens (including phenoxy) is 2. The first-order chi connectivity index (χ1) is 12.6. The first-order valence-corrected chi connectivity index (χ1v) is 8.67. The van der Waals surface area contributed by atoms with Crippen LogP contribution in [0, 0.1) is 5.92 Å². The van der Waals surface area contributed by atoms with E-state index in [1.54, 1.807) is 16.8 Å². The third kappa shape index (κ3) is 3.15. The number of benzene rings is 1. The van der Waals surface area contributed by atoms with Gasteiger partial charge in [-0.15, -0.1) is 5.10 Å². The number of fused-ring (bicyclic) bond motifs is 1. The molecule has 9 nitrogen and oxygen atoms in total. The Hall–Kier alpha value is -2.52. The fourth-order valence-corrected chi connectivity index (χ4v) is 3.83. The summed E-state index contributed by atoms with van der Waals surface area (Å²) in [5, 5.41) is 14.1. The van der Waals surface area contributed by atoms with E-state index in [4.69, 9.17) is 9.47 Å². The number of nitrogens with one attached hydrogen (secondary N) is 1. The molecule has 0 spiro atoms. The number of carbonyl (C=O) groups excluding carboxylic acids is 1. The van der Waals surface area contributed by atoms with E-state index in [2.05, 4.69) is 25.7 Å². The van der Waals surface area contributed by atoms with Gasteiger partial charge in [0.05, 0.1) is 23.9 Å². The molecule has 2 fully saturated rings. The monoisotopic (exact) mass is 358 g/mol. The Labute approximate surface area is 151 Å². The maximum atomic E-state index is 12.3. The lowest BCUT2D eigenvalue weighted by Gasteiger charge is -2.50. The lowest BCUT2D eigenvalue weighted by molar-refractivity contribution is -0.129. The van der Waals surface area contributed by atoms with Crippen molar-refractivity contribution in [2.75, 3.05) is 27.3 Å². The van der Waals surface area contributed by atoms with Crippen LogP contribution < -0.4 is 10.1 Å². The highest BCUT2D eigenvalue weighted by Gasteiger charge is 2.55. The summed E-state index contributed by atoms with van der Waals surface area (Å²) >= 11 is 0. The summed E-state index contributed by atoms with van der Waals surface area (Å²) in [6.07, 6.45) is 2.75. The number of tetrazole rings is 1. The lowest BCUT2D eigenvalue weighted by atomic mass is 9.71.